The Morgan fingerprint density at radius 3 is 2.53 bits per heavy atom. The lowest BCUT2D eigenvalue weighted by atomic mass is 10.2. The van der Waals surface area contributed by atoms with Gasteiger partial charge in [0, 0.05) is 32.7 Å². The third-order valence-corrected chi connectivity index (χ3v) is 3.42. The first kappa shape index (κ1) is 11.3. The molecule has 0 radical (unpaired) electrons. The molecule has 2 rings (SSSR count). The van der Waals surface area contributed by atoms with Crippen molar-refractivity contribution in [2.75, 3.05) is 52.4 Å². The Morgan fingerprint density at radius 2 is 1.80 bits per heavy atom. The van der Waals surface area contributed by atoms with E-state index in [4.69, 9.17) is 10.5 Å². The normalized spacial score (nSPS) is 29.8. The molecule has 2 aliphatic rings. The largest absolute Gasteiger partial charge is 0.374 e. The van der Waals surface area contributed by atoms with Crippen molar-refractivity contribution in [2.24, 2.45) is 5.73 Å². The van der Waals surface area contributed by atoms with E-state index in [0.717, 1.165) is 19.7 Å². The maximum atomic E-state index is 5.62. The van der Waals surface area contributed by atoms with E-state index in [1.54, 1.807) is 0 Å². The molecule has 2 fully saturated rings. The molecule has 0 spiro atoms. The van der Waals surface area contributed by atoms with Crippen molar-refractivity contribution in [1.29, 1.82) is 0 Å². The Kier molecular flexibility index (Phi) is 4.38. The van der Waals surface area contributed by atoms with Crippen LogP contribution in [0.1, 0.15) is 12.8 Å². The van der Waals surface area contributed by atoms with Gasteiger partial charge in [-0.2, -0.15) is 0 Å². The Hall–Kier alpha value is -0.160. The molecule has 0 amide bonds. The van der Waals surface area contributed by atoms with Gasteiger partial charge in [0.2, 0.25) is 0 Å². The predicted molar refractivity (Wildman–Crippen MR) is 60.9 cm³/mol. The molecule has 1 unspecified atom stereocenters. The van der Waals surface area contributed by atoms with Crippen LogP contribution in [0.2, 0.25) is 0 Å². The maximum absolute atomic E-state index is 5.62. The lowest BCUT2D eigenvalue weighted by molar-refractivity contribution is -0.0248. The molecule has 0 aromatic heterocycles. The molecule has 2 heterocycles. The summed E-state index contributed by atoms with van der Waals surface area (Å²) in [5, 5.41) is 0. The van der Waals surface area contributed by atoms with Crippen molar-refractivity contribution < 1.29 is 4.74 Å². The highest BCUT2D eigenvalue weighted by Gasteiger charge is 2.20. The second kappa shape index (κ2) is 5.80. The zero-order valence-corrected chi connectivity index (χ0v) is 9.53. The molecule has 88 valence electrons. The summed E-state index contributed by atoms with van der Waals surface area (Å²) in [6.07, 6.45) is 3.03. The average Bonchev–Trinajstić information content (AvgIpc) is 2.79. The molecule has 2 saturated heterocycles. The molecular formula is C11H23N3O. The highest BCUT2D eigenvalue weighted by atomic mass is 16.5. The second-order valence-electron chi connectivity index (χ2n) is 4.58. The van der Waals surface area contributed by atoms with E-state index in [-0.39, 0.29) is 6.10 Å². The van der Waals surface area contributed by atoms with Crippen molar-refractivity contribution >= 4 is 0 Å². The fourth-order valence-electron chi connectivity index (χ4n) is 2.42. The van der Waals surface area contributed by atoms with Gasteiger partial charge in [0.15, 0.2) is 0 Å². The molecule has 0 saturated carbocycles. The zero-order chi connectivity index (χ0) is 10.5. The van der Waals surface area contributed by atoms with E-state index in [0.29, 0.717) is 6.54 Å². The Balaban J connectivity index is 1.65. The molecule has 0 aromatic rings. The van der Waals surface area contributed by atoms with Gasteiger partial charge in [0.1, 0.15) is 0 Å². The standard InChI is InChI=1S/C11H23N3O/c12-9-11-10-14(7-8-15-11)6-5-13-3-1-2-4-13/h11H,1-10,12H2. The first-order valence-corrected chi connectivity index (χ1v) is 6.15. The monoisotopic (exact) mass is 213 g/mol. The van der Waals surface area contributed by atoms with Crippen LogP contribution >= 0.6 is 0 Å². The number of hydrogen-bond donors (Lipinski definition) is 1. The number of likely N-dealkylation sites (tertiary alicyclic amines) is 1. The lowest BCUT2D eigenvalue weighted by Gasteiger charge is -2.33. The summed E-state index contributed by atoms with van der Waals surface area (Å²) < 4.78 is 5.55. The maximum Gasteiger partial charge on any atom is 0.0824 e. The van der Waals surface area contributed by atoms with Gasteiger partial charge in [-0.1, -0.05) is 0 Å². The van der Waals surface area contributed by atoms with Crippen LogP contribution in [-0.4, -0.2) is 68.3 Å². The van der Waals surface area contributed by atoms with Crippen molar-refractivity contribution in [3.63, 3.8) is 0 Å². The van der Waals surface area contributed by atoms with Crippen LogP contribution in [0.5, 0.6) is 0 Å². The third-order valence-electron chi connectivity index (χ3n) is 3.42. The van der Waals surface area contributed by atoms with Gasteiger partial charge in [-0.15, -0.1) is 0 Å². The fraction of sp³-hybridized carbons (Fsp3) is 1.00. The number of ether oxygens (including phenoxy) is 1. The topological polar surface area (TPSA) is 41.7 Å². The summed E-state index contributed by atoms with van der Waals surface area (Å²) in [4.78, 5) is 5.05. The summed E-state index contributed by atoms with van der Waals surface area (Å²) >= 11 is 0. The highest BCUT2D eigenvalue weighted by Crippen LogP contribution is 2.08. The van der Waals surface area contributed by atoms with Crippen molar-refractivity contribution in [2.45, 2.75) is 18.9 Å². The van der Waals surface area contributed by atoms with E-state index < -0.39 is 0 Å². The minimum absolute atomic E-state index is 0.261. The first-order valence-electron chi connectivity index (χ1n) is 6.15. The number of nitrogens with two attached hydrogens (primary N) is 1. The van der Waals surface area contributed by atoms with Crippen LogP contribution in [0.3, 0.4) is 0 Å². The van der Waals surface area contributed by atoms with Gasteiger partial charge in [-0.3, -0.25) is 4.90 Å². The molecule has 0 bridgehead atoms. The van der Waals surface area contributed by atoms with Crippen molar-refractivity contribution in [3.8, 4) is 0 Å². The molecule has 15 heavy (non-hydrogen) atoms. The number of rotatable bonds is 4. The molecule has 1 atom stereocenters. The number of morpholine rings is 1. The van der Waals surface area contributed by atoms with Crippen LogP contribution < -0.4 is 5.73 Å². The SMILES string of the molecule is NCC1CN(CCN2CCCC2)CCO1. The summed E-state index contributed by atoms with van der Waals surface area (Å²) in [6, 6.07) is 0. The summed E-state index contributed by atoms with van der Waals surface area (Å²) in [6.45, 7) is 8.59. The Morgan fingerprint density at radius 1 is 1.07 bits per heavy atom. The van der Waals surface area contributed by atoms with Crippen LogP contribution in [0.25, 0.3) is 0 Å². The van der Waals surface area contributed by atoms with Crippen LogP contribution in [-0.2, 0) is 4.74 Å². The fourth-order valence-corrected chi connectivity index (χ4v) is 2.42. The quantitative estimate of drug-likeness (QED) is 0.699. The van der Waals surface area contributed by atoms with Crippen molar-refractivity contribution in [3.05, 3.63) is 0 Å². The summed E-state index contributed by atoms with van der Waals surface area (Å²) in [5.41, 5.74) is 5.62. The Bertz CT molecular complexity index is 183. The van der Waals surface area contributed by atoms with Gasteiger partial charge in [-0.25, -0.2) is 0 Å². The summed E-state index contributed by atoms with van der Waals surface area (Å²) in [7, 11) is 0. The van der Waals surface area contributed by atoms with Gasteiger partial charge in [0.05, 0.1) is 12.7 Å². The number of hydrogen-bond acceptors (Lipinski definition) is 4. The van der Waals surface area contributed by atoms with E-state index in [2.05, 4.69) is 9.80 Å². The minimum Gasteiger partial charge on any atom is -0.374 e. The predicted octanol–water partition coefficient (Wildman–Crippen LogP) is -0.258. The van der Waals surface area contributed by atoms with E-state index in [1.807, 2.05) is 0 Å². The van der Waals surface area contributed by atoms with Gasteiger partial charge < -0.3 is 15.4 Å². The minimum atomic E-state index is 0.261. The molecule has 2 aliphatic heterocycles. The van der Waals surface area contributed by atoms with Crippen LogP contribution in [0.4, 0.5) is 0 Å². The second-order valence-corrected chi connectivity index (χ2v) is 4.58. The van der Waals surface area contributed by atoms with E-state index in [1.165, 1.54) is 39.0 Å². The van der Waals surface area contributed by atoms with Gasteiger partial charge in [-0.05, 0) is 25.9 Å². The average molecular weight is 213 g/mol. The Labute approximate surface area is 92.4 Å². The number of nitrogens with zero attached hydrogens (tertiary/aromatic N) is 2. The zero-order valence-electron chi connectivity index (χ0n) is 9.53. The summed E-state index contributed by atoms with van der Waals surface area (Å²) in [5.74, 6) is 0. The molecule has 0 aromatic carbocycles. The molecule has 4 heteroatoms. The molecular weight excluding hydrogens is 190 g/mol. The highest BCUT2D eigenvalue weighted by molar-refractivity contribution is 4.74. The van der Waals surface area contributed by atoms with Crippen molar-refractivity contribution in [1.82, 2.24) is 9.80 Å². The molecule has 2 N–H and O–H groups in total. The smallest absolute Gasteiger partial charge is 0.0824 e. The first-order chi connectivity index (χ1) is 7.38. The van der Waals surface area contributed by atoms with E-state index in [9.17, 15) is 0 Å². The lowest BCUT2D eigenvalue weighted by Crippen LogP contribution is -2.47. The van der Waals surface area contributed by atoms with Crippen LogP contribution in [0, 0.1) is 0 Å². The van der Waals surface area contributed by atoms with E-state index >= 15 is 0 Å². The molecule has 0 aliphatic carbocycles. The van der Waals surface area contributed by atoms with Gasteiger partial charge in [0.25, 0.3) is 0 Å². The third kappa shape index (κ3) is 3.41. The molecule has 4 nitrogen and oxygen atoms in total. The van der Waals surface area contributed by atoms with Crippen LogP contribution in [0.15, 0.2) is 0 Å². The van der Waals surface area contributed by atoms with Gasteiger partial charge >= 0.3 is 0 Å².